The highest BCUT2D eigenvalue weighted by Gasteiger charge is 2.43. The second-order valence-corrected chi connectivity index (χ2v) is 4.72. The van der Waals surface area contributed by atoms with Crippen molar-refractivity contribution in [1.29, 1.82) is 0 Å². The number of hydrogen-bond acceptors (Lipinski definition) is 2. The standard InChI is InChI=1S/C10H16F4N2/c11-9(12)10(13,14)6-16-4-3-8(5-16)15-7-1-2-7/h7-9,15H,1-6H2. The summed E-state index contributed by atoms with van der Waals surface area (Å²) in [5.41, 5.74) is 0. The topological polar surface area (TPSA) is 15.3 Å². The Hall–Kier alpha value is -0.360. The number of alkyl halides is 4. The largest absolute Gasteiger partial charge is 0.319 e. The third-order valence-corrected chi connectivity index (χ3v) is 3.07. The molecule has 1 aliphatic heterocycles. The van der Waals surface area contributed by atoms with E-state index in [1.165, 1.54) is 4.90 Å². The fourth-order valence-electron chi connectivity index (χ4n) is 2.06. The minimum absolute atomic E-state index is 0.195. The quantitative estimate of drug-likeness (QED) is 0.736. The molecule has 1 heterocycles. The maximum absolute atomic E-state index is 12.8. The van der Waals surface area contributed by atoms with Gasteiger partial charge >= 0.3 is 12.3 Å². The molecule has 16 heavy (non-hydrogen) atoms. The normalized spacial score (nSPS) is 27.9. The molecule has 0 aromatic rings. The van der Waals surface area contributed by atoms with Crippen LogP contribution in [0.5, 0.6) is 0 Å². The fourth-order valence-corrected chi connectivity index (χ4v) is 2.06. The Balaban J connectivity index is 1.75. The van der Waals surface area contributed by atoms with Crippen molar-refractivity contribution in [3.63, 3.8) is 0 Å². The molecule has 0 bridgehead atoms. The van der Waals surface area contributed by atoms with Crippen molar-refractivity contribution >= 4 is 0 Å². The Kier molecular flexibility index (Phi) is 3.39. The van der Waals surface area contributed by atoms with Crippen LogP contribution in [-0.4, -0.2) is 49.0 Å². The molecule has 2 rings (SSSR count). The second-order valence-electron chi connectivity index (χ2n) is 4.72. The number of hydrogen-bond donors (Lipinski definition) is 1. The van der Waals surface area contributed by atoms with E-state index in [0.29, 0.717) is 19.1 Å². The first-order chi connectivity index (χ1) is 7.47. The molecule has 6 heteroatoms. The molecule has 0 radical (unpaired) electrons. The summed E-state index contributed by atoms with van der Waals surface area (Å²) in [5, 5.41) is 3.32. The summed E-state index contributed by atoms with van der Waals surface area (Å²) >= 11 is 0. The lowest BCUT2D eigenvalue weighted by atomic mass is 10.2. The van der Waals surface area contributed by atoms with Crippen molar-refractivity contribution in [1.82, 2.24) is 10.2 Å². The molecule has 1 saturated carbocycles. The summed E-state index contributed by atoms with van der Waals surface area (Å²) in [6.45, 7) is 0.110. The summed E-state index contributed by atoms with van der Waals surface area (Å²) < 4.78 is 49.6. The lowest BCUT2D eigenvalue weighted by Crippen LogP contribution is -2.42. The van der Waals surface area contributed by atoms with Crippen molar-refractivity contribution in [2.24, 2.45) is 0 Å². The number of halogens is 4. The Morgan fingerprint density at radius 3 is 2.44 bits per heavy atom. The first-order valence-corrected chi connectivity index (χ1v) is 5.62. The van der Waals surface area contributed by atoms with Crippen LogP contribution in [0.2, 0.25) is 0 Å². The van der Waals surface area contributed by atoms with Gasteiger partial charge in [-0.3, -0.25) is 4.90 Å². The van der Waals surface area contributed by atoms with E-state index >= 15 is 0 Å². The van der Waals surface area contributed by atoms with Gasteiger partial charge in [-0.25, -0.2) is 8.78 Å². The Morgan fingerprint density at radius 1 is 1.19 bits per heavy atom. The molecule has 0 aromatic carbocycles. The number of likely N-dealkylation sites (tertiary alicyclic amines) is 1. The molecule has 94 valence electrons. The number of nitrogens with one attached hydrogen (secondary N) is 1. The van der Waals surface area contributed by atoms with E-state index in [0.717, 1.165) is 19.3 Å². The van der Waals surface area contributed by atoms with Gasteiger partial charge < -0.3 is 5.32 Å². The number of rotatable bonds is 5. The molecule has 0 amide bonds. The van der Waals surface area contributed by atoms with Gasteiger partial charge in [-0.1, -0.05) is 0 Å². The molecule has 1 saturated heterocycles. The van der Waals surface area contributed by atoms with Crippen LogP contribution in [0, 0.1) is 0 Å². The van der Waals surface area contributed by atoms with E-state index in [1.54, 1.807) is 0 Å². The average molecular weight is 240 g/mol. The summed E-state index contributed by atoms with van der Waals surface area (Å²) in [6.07, 6.45) is -0.508. The van der Waals surface area contributed by atoms with Crippen LogP contribution in [0.1, 0.15) is 19.3 Å². The van der Waals surface area contributed by atoms with Gasteiger partial charge in [0.15, 0.2) is 0 Å². The van der Waals surface area contributed by atoms with Gasteiger partial charge in [0.1, 0.15) is 0 Å². The molecule has 0 aromatic heterocycles. The van der Waals surface area contributed by atoms with Crippen LogP contribution in [0.4, 0.5) is 17.6 Å². The van der Waals surface area contributed by atoms with Crippen molar-refractivity contribution in [3.05, 3.63) is 0 Å². The molecule has 2 aliphatic rings. The highest BCUT2D eigenvalue weighted by atomic mass is 19.3. The minimum atomic E-state index is -3.88. The zero-order chi connectivity index (χ0) is 11.8. The van der Waals surface area contributed by atoms with Gasteiger partial charge in [-0.05, 0) is 25.8 Å². The van der Waals surface area contributed by atoms with E-state index in [1.807, 2.05) is 0 Å². The van der Waals surface area contributed by atoms with Gasteiger partial charge in [0.25, 0.3) is 0 Å². The molecule has 2 fully saturated rings. The van der Waals surface area contributed by atoms with Crippen LogP contribution >= 0.6 is 0 Å². The van der Waals surface area contributed by atoms with E-state index < -0.39 is 18.9 Å². The zero-order valence-corrected chi connectivity index (χ0v) is 8.93. The third kappa shape index (κ3) is 3.07. The van der Waals surface area contributed by atoms with Crippen LogP contribution in [0.15, 0.2) is 0 Å². The maximum atomic E-state index is 12.8. The molecule has 2 nitrogen and oxygen atoms in total. The summed E-state index contributed by atoms with van der Waals surface area (Å²) in [7, 11) is 0. The molecule has 1 atom stereocenters. The van der Waals surface area contributed by atoms with E-state index in [4.69, 9.17) is 0 Å². The van der Waals surface area contributed by atoms with Gasteiger partial charge in [0, 0.05) is 18.6 Å². The zero-order valence-electron chi connectivity index (χ0n) is 8.93. The van der Waals surface area contributed by atoms with Gasteiger partial charge in [-0.15, -0.1) is 0 Å². The van der Waals surface area contributed by atoms with Crippen molar-refractivity contribution < 1.29 is 17.6 Å². The third-order valence-electron chi connectivity index (χ3n) is 3.07. The van der Waals surface area contributed by atoms with Crippen LogP contribution in [0.3, 0.4) is 0 Å². The lowest BCUT2D eigenvalue weighted by Gasteiger charge is -2.22. The second kappa shape index (κ2) is 4.49. The Bertz CT molecular complexity index is 243. The summed E-state index contributed by atoms with van der Waals surface area (Å²) in [6, 6.07) is 0.724. The first kappa shape index (κ1) is 12.1. The molecule has 0 spiro atoms. The average Bonchev–Trinajstić information content (AvgIpc) is 2.87. The minimum Gasteiger partial charge on any atom is -0.310 e. The van der Waals surface area contributed by atoms with E-state index in [2.05, 4.69) is 5.32 Å². The molecular weight excluding hydrogens is 224 g/mol. The molecule has 1 N–H and O–H groups in total. The van der Waals surface area contributed by atoms with Crippen LogP contribution < -0.4 is 5.32 Å². The van der Waals surface area contributed by atoms with Crippen LogP contribution in [-0.2, 0) is 0 Å². The van der Waals surface area contributed by atoms with E-state index in [9.17, 15) is 17.6 Å². The SMILES string of the molecule is FC(F)C(F)(F)CN1CCC(NC2CC2)C1. The first-order valence-electron chi connectivity index (χ1n) is 5.62. The summed E-state index contributed by atoms with van der Waals surface area (Å²) in [4.78, 5) is 1.42. The highest BCUT2D eigenvalue weighted by Crippen LogP contribution is 2.27. The Morgan fingerprint density at radius 2 is 1.88 bits per heavy atom. The van der Waals surface area contributed by atoms with Crippen molar-refractivity contribution in [2.75, 3.05) is 19.6 Å². The molecule has 1 unspecified atom stereocenters. The lowest BCUT2D eigenvalue weighted by molar-refractivity contribution is -0.140. The molecular formula is C10H16F4N2. The van der Waals surface area contributed by atoms with Gasteiger partial charge in [0.2, 0.25) is 0 Å². The predicted molar refractivity (Wildman–Crippen MR) is 52.0 cm³/mol. The maximum Gasteiger partial charge on any atom is 0.319 e. The van der Waals surface area contributed by atoms with Gasteiger partial charge in [0.05, 0.1) is 6.54 Å². The van der Waals surface area contributed by atoms with Gasteiger partial charge in [-0.2, -0.15) is 8.78 Å². The van der Waals surface area contributed by atoms with Crippen molar-refractivity contribution in [3.8, 4) is 0 Å². The fraction of sp³-hybridized carbons (Fsp3) is 1.00. The predicted octanol–water partition coefficient (Wildman–Crippen LogP) is 1.71. The monoisotopic (exact) mass is 240 g/mol. The number of nitrogens with zero attached hydrogens (tertiary/aromatic N) is 1. The highest BCUT2D eigenvalue weighted by molar-refractivity contribution is 4.90. The smallest absolute Gasteiger partial charge is 0.310 e. The van der Waals surface area contributed by atoms with Crippen molar-refractivity contribution in [2.45, 2.75) is 43.7 Å². The van der Waals surface area contributed by atoms with Crippen LogP contribution in [0.25, 0.3) is 0 Å². The molecule has 1 aliphatic carbocycles. The summed E-state index contributed by atoms with van der Waals surface area (Å²) in [5.74, 6) is -3.88. The van der Waals surface area contributed by atoms with E-state index in [-0.39, 0.29) is 6.04 Å². The Labute approximate surface area is 92.0 Å².